The number of aromatic carboxylic acids is 1. The zero-order valence-corrected chi connectivity index (χ0v) is 20.0. The number of fused-ring (bicyclic) bond motifs is 2. The highest BCUT2D eigenvalue weighted by Gasteiger charge is 2.25. The van der Waals surface area contributed by atoms with Gasteiger partial charge in [-0.05, 0) is 48.9 Å². The van der Waals surface area contributed by atoms with E-state index in [4.69, 9.17) is 4.74 Å². The molecule has 3 aromatic carbocycles. The molecule has 184 valence electrons. The second-order valence-corrected chi connectivity index (χ2v) is 8.75. The predicted molar refractivity (Wildman–Crippen MR) is 136 cm³/mol. The molecule has 0 saturated carbocycles. The average molecular weight is 488 g/mol. The molecule has 36 heavy (non-hydrogen) atoms. The SMILES string of the molecule is Cc1nn(C)c(CO)c1-c1c(F)ccc2c(CCCOc3cccc4ccccc34)c(C(=O)O)[nH]c12. The molecule has 0 atom stereocenters. The van der Waals surface area contributed by atoms with Gasteiger partial charge in [-0.3, -0.25) is 4.68 Å². The van der Waals surface area contributed by atoms with E-state index < -0.39 is 11.8 Å². The van der Waals surface area contributed by atoms with Gasteiger partial charge in [-0.15, -0.1) is 0 Å². The summed E-state index contributed by atoms with van der Waals surface area (Å²) in [6.45, 7) is 1.80. The molecule has 0 spiro atoms. The van der Waals surface area contributed by atoms with Gasteiger partial charge in [-0.1, -0.05) is 36.4 Å². The summed E-state index contributed by atoms with van der Waals surface area (Å²) in [6.07, 6.45) is 0.993. The zero-order chi connectivity index (χ0) is 25.4. The topological polar surface area (TPSA) is 100 Å². The molecular formula is C28H26FN3O4. The minimum atomic E-state index is -1.12. The minimum Gasteiger partial charge on any atom is -0.493 e. The number of carboxylic acids is 1. The van der Waals surface area contributed by atoms with E-state index in [1.807, 2.05) is 42.5 Å². The standard InChI is InChI=1S/C28H26FN3O4/c1-16-24(22(15-33)32(2)31-16)25-21(29)13-12-20-19(27(28(34)35)30-26(20)25)10-6-14-36-23-11-5-8-17-7-3-4-9-18(17)23/h3-5,7-9,11-13,30,33H,6,10,14-15H2,1-2H3,(H,34,35). The fourth-order valence-electron chi connectivity index (χ4n) is 4.95. The summed E-state index contributed by atoms with van der Waals surface area (Å²) in [6, 6.07) is 16.8. The number of hydrogen-bond donors (Lipinski definition) is 3. The van der Waals surface area contributed by atoms with Crippen molar-refractivity contribution in [1.29, 1.82) is 0 Å². The molecule has 5 aromatic rings. The molecule has 0 radical (unpaired) electrons. The van der Waals surface area contributed by atoms with Crippen molar-refractivity contribution in [2.24, 2.45) is 7.05 Å². The third kappa shape index (κ3) is 3.99. The normalized spacial score (nSPS) is 11.4. The van der Waals surface area contributed by atoms with Gasteiger partial charge >= 0.3 is 5.97 Å². The first-order valence-electron chi connectivity index (χ1n) is 11.7. The first-order valence-corrected chi connectivity index (χ1v) is 11.7. The molecule has 0 unspecified atom stereocenters. The minimum absolute atomic E-state index is 0.0223. The fraction of sp³-hybridized carbons (Fsp3) is 0.214. The maximum atomic E-state index is 15.2. The van der Waals surface area contributed by atoms with Crippen LogP contribution in [0.1, 0.15) is 33.9 Å². The number of nitrogens with one attached hydrogen (secondary N) is 1. The number of aromatic nitrogens is 3. The monoisotopic (exact) mass is 487 g/mol. The van der Waals surface area contributed by atoms with E-state index in [1.165, 1.54) is 10.7 Å². The Labute approximate surface area is 206 Å². The molecule has 0 aliphatic carbocycles. The van der Waals surface area contributed by atoms with E-state index in [0.29, 0.717) is 52.9 Å². The van der Waals surface area contributed by atoms with Gasteiger partial charge in [0, 0.05) is 28.9 Å². The molecule has 0 bridgehead atoms. The van der Waals surface area contributed by atoms with Gasteiger partial charge in [0.25, 0.3) is 0 Å². The summed E-state index contributed by atoms with van der Waals surface area (Å²) < 4.78 is 22.7. The zero-order valence-electron chi connectivity index (χ0n) is 20.0. The largest absolute Gasteiger partial charge is 0.493 e. The lowest BCUT2D eigenvalue weighted by Crippen LogP contribution is -2.04. The molecule has 2 aromatic heterocycles. The molecule has 2 heterocycles. The average Bonchev–Trinajstić information content (AvgIpc) is 3.37. The van der Waals surface area contributed by atoms with Crippen LogP contribution in [-0.2, 0) is 20.1 Å². The Morgan fingerprint density at radius 1 is 1.08 bits per heavy atom. The van der Waals surface area contributed by atoms with Gasteiger partial charge in [-0.2, -0.15) is 5.10 Å². The summed E-state index contributed by atoms with van der Waals surface area (Å²) in [5.74, 6) is -0.858. The number of hydrogen-bond acceptors (Lipinski definition) is 4. The molecule has 0 fully saturated rings. The lowest BCUT2D eigenvalue weighted by molar-refractivity contribution is 0.0690. The molecule has 3 N–H and O–H groups in total. The molecule has 0 aliphatic rings. The number of aryl methyl sites for hydroxylation is 3. The van der Waals surface area contributed by atoms with E-state index >= 15 is 4.39 Å². The van der Waals surface area contributed by atoms with Crippen LogP contribution in [0, 0.1) is 12.7 Å². The van der Waals surface area contributed by atoms with Gasteiger partial charge < -0.3 is 19.9 Å². The van der Waals surface area contributed by atoms with Crippen molar-refractivity contribution in [3.05, 3.63) is 83.1 Å². The Hall–Kier alpha value is -4.17. The first kappa shape index (κ1) is 23.6. The summed E-state index contributed by atoms with van der Waals surface area (Å²) in [7, 11) is 1.68. The summed E-state index contributed by atoms with van der Waals surface area (Å²) in [4.78, 5) is 15.0. The number of carbonyl (C=O) groups is 1. The van der Waals surface area contributed by atoms with Crippen molar-refractivity contribution in [3.8, 4) is 16.9 Å². The van der Waals surface area contributed by atoms with Gasteiger partial charge in [0.15, 0.2) is 0 Å². The van der Waals surface area contributed by atoms with E-state index in [0.717, 1.165) is 16.5 Å². The summed E-state index contributed by atoms with van der Waals surface area (Å²) >= 11 is 0. The molecule has 5 rings (SSSR count). The molecule has 0 amide bonds. The van der Waals surface area contributed by atoms with Crippen LogP contribution in [0.5, 0.6) is 5.75 Å². The molecule has 0 saturated heterocycles. The van der Waals surface area contributed by atoms with E-state index in [2.05, 4.69) is 10.1 Å². The number of aromatic amines is 1. The van der Waals surface area contributed by atoms with Crippen molar-refractivity contribution in [1.82, 2.24) is 14.8 Å². The molecular weight excluding hydrogens is 461 g/mol. The highest BCUT2D eigenvalue weighted by molar-refractivity contribution is 6.03. The van der Waals surface area contributed by atoms with Gasteiger partial charge in [0.2, 0.25) is 0 Å². The molecule has 7 nitrogen and oxygen atoms in total. The first-order chi connectivity index (χ1) is 17.4. The van der Waals surface area contributed by atoms with Crippen LogP contribution in [0.25, 0.3) is 32.8 Å². The Morgan fingerprint density at radius 3 is 2.64 bits per heavy atom. The second-order valence-electron chi connectivity index (χ2n) is 8.75. The number of H-pyrrole nitrogens is 1. The highest BCUT2D eigenvalue weighted by Crippen LogP contribution is 2.38. The van der Waals surface area contributed by atoms with Crippen molar-refractivity contribution >= 4 is 27.6 Å². The van der Waals surface area contributed by atoms with Crippen LogP contribution in [0.2, 0.25) is 0 Å². The van der Waals surface area contributed by atoms with Crippen molar-refractivity contribution in [2.45, 2.75) is 26.4 Å². The number of aliphatic hydroxyl groups is 1. The smallest absolute Gasteiger partial charge is 0.352 e. The predicted octanol–water partition coefficient (Wildman–Crippen LogP) is 5.37. The third-order valence-corrected chi connectivity index (χ3v) is 6.56. The number of rotatable bonds is 8. The quantitative estimate of drug-likeness (QED) is 0.256. The van der Waals surface area contributed by atoms with Crippen LogP contribution < -0.4 is 4.74 Å². The Balaban J connectivity index is 1.48. The van der Waals surface area contributed by atoms with Crippen molar-refractivity contribution in [3.63, 3.8) is 0 Å². The molecule has 8 heteroatoms. The summed E-state index contributed by atoms with van der Waals surface area (Å²) in [5, 5.41) is 26.8. The van der Waals surface area contributed by atoms with Crippen LogP contribution in [0.4, 0.5) is 4.39 Å². The fourth-order valence-corrected chi connectivity index (χ4v) is 4.95. The maximum absolute atomic E-state index is 15.2. The van der Waals surface area contributed by atoms with Crippen LogP contribution in [0.15, 0.2) is 54.6 Å². The number of nitrogens with zero attached hydrogens (tertiary/aromatic N) is 2. The number of benzene rings is 3. The summed E-state index contributed by atoms with van der Waals surface area (Å²) in [5.41, 5.74) is 2.67. The van der Waals surface area contributed by atoms with Crippen LogP contribution in [0.3, 0.4) is 0 Å². The van der Waals surface area contributed by atoms with Gasteiger partial charge in [-0.25, -0.2) is 9.18 Å². The lowest BCUT2D eigenvalue weighted by atomic mass is 9.98. The Bertz CT molecular complexity index is 1600. The van der Waals surface area contributed by atoms with E-state index in [-0.39, 0.29) is 17.9 Å². The number of halogens is 1. The van der Waals surface area contributed by atoms with Crippen molar-refractivity contribution < 1.29 is 24.1 Å². The van der Waals surface area contributed by atoms with E-state index in [1.54, 1.807) is 20.0 Å². The maximum Gasteiger partial charge on any atom is 0.352 e. The van der Waals surface area contributed by atoms with E-state index in [9.17, 15) is 15.0 Å². The van der Waals surface area contributed by atoms with Gasteiger partial charge in [0.1, 0.15) is 17.3 Å². The van der Waals surface area contributed by atoms with Crippen LogP contribution in [-0.4, -0.2) is 37.6 Å². The second kappa shape index (κ2) is 9.47. The Kier molecular flexibility index (Phi) is 6.20. The highest BCUT2D eigenvalue weighted by atomic mass is 19.1. The number of aliphatic hydroxyl groups excluding tert-OH is 1. The number of ether oxygens (including phenoxy) is 1. The van der Waals surface area contributed by atoms with Gasteiger partial charge in [0.05, 0.1) is 30.1 Å². The number of carboxylic acid groups (broad SMARTS) is 1. The lowest BCUT2D eigenvalue weighted by Gasteiger charge is -2.10. The molecule has 0 aliphatic heterocycles. The Morgan fingerprint density at radius 2 is 1.86 bits per heavy atom. The third-order valence-electron chi connectivity index (χ3n) is 6.56. The van der Waals surface area contributed by atoms with Crippen molar-refractivity contribution in [2.75, 3.05) is 6.61 Å². The van der Waals surface area contributed by atoms with Crippen LogP contribution >= 0.6 is 0 Å².